The Hall–Kier alpha value is -2.31. The fourth-order valence-corrected chi connectivity index (χ4v) is 3.23. The summed E-state index contributed by atoms with van der Waals surface area (Å²) in [5.74, 6) is -0.363. The number of hydrogen-bond acceptors (Lipinski definition) is 3. The van der Waals surface area contributed by atoms with E-state index in [4.69, 9.17) is 4.74 Å². The van der Waals surface area contributed by atoms with E-state index in [1.165, 1.54) is 12.1 Å². The van der Waals surface area contributed by atoms with Crippen LogP contribution in [0.25, 0.3) is 0 Å². The van der Waals surface area contributed by atoms with Crippen LogP contribution in [0.4, 0.5) is 19.7 Å². The van der Waals surface area contributed by atoms with Gasteiger partial charge in [0.25, 0.3) is 0 Å². The lowest BCUT2D eigenvalue weighted by atomic mass is 10.0. The zero-order valence-corrected chi connectivity index (χ0v) is 14.8. The molecular formula is C18H24FN3O3. The van der Waals surface area contributed by atoms with Crippen molar-refractivity contribution in [3.63, 3.8) is 0 Å². The van der Waals surface area contributed by atoms with Crippen molar-refractivity contribution in [1.29, 1.82) is 0 Å². The Labute approximate surface area is 146 Å². The smallest absolute Gasteiger partial charge is 0.410 e. The highest BCUT2D eigenvalue weighted by Gasteiger charge is 2.33. The number of anilines is 1. The van der Waals surface area contributed by atoms with Gasteiger partial charge in [-0.25, -0.2) is 14.0 Å². The third-order valence-electron chi connectivity index (χ3n) is 4.47. The zero-order valence-electron chi connectivity index (χ0n) is 14.8. The number of nitrogens with zero attached hydrogens (tertiary/aromatic N) is 2. The third kappa shape index (κ3) is 4.03. The second-order valence-electron chi connectivity index (χ2n) is 7.56. The molecule has 0 atom stereocenters. The van der Waals surface area contributed by atoms with Crippen molar-refractivity contribution in [2.45, 2.75) is 51.8 Å². The SMILES string of the molecule is CC(C)(C)OC(=O)N1CCC(N2Cc3ccc(F)cc3NC2=O)CC1. The van der Waals surface area contributed by atoms with E-state index in [1.54, 1.807) is 15.9 Å². The van der Waals surface area contributed by atoms with Gasteiger partial charge >= 0.3 is 12.1 Å². The van der Waals surface area contributed by atoms with Gasteiger partial charge in [0.05, 0.1) is 5.69 Å². The van der Waals surface area contributed by atoms with E-state index in [1.807, 2.05) is 20.8 Å². The molecule has 6 nitrogen and oxygen atoms in total. The maximum absolute atomic E-state index is 13.3. The van der Waals surface area contributed by atoms with Crippen LogP contribution in [0.1, 0.15) is 39.2 Å². The summed E-state index contributed by atoms with van der Waals surface area (Å²) < 4.78 is 18.7. The summed E-state index contributed by atoms with van der Waals surface area (Å²) >= 11 is 0. The molecule has 0 aromatic heterocycles. The Morgan fingerprint density at radius 1 is 1.28 bits per heavy atom. The van der Waals surface area contributed by atoms with Crippen molar-refractivity contribution in [1.82, 2.24) is 9.80 Å². The first-order valence-corrected chi connectivity index (χ1v) is 8.57. The molecule has 2 heterocycles. The lowest BCUT2D eigenvalue weighted by molar-refractivity contribution is 0.0163. The lowest BCUT2D eigenvalue weighted by Gasteiger charge is -2.40. The molecule has 3 amide bonds. The fourth-order valence-electron chi connectivity index (χ4n) is 3.23. The molecule has 1 aromatic rings. The van der Waals surface area contributed by atoms with Gasteiger partial charge in [0, 0.05) is 25.7 Å². The molecule has 0 radical (unpaired) electrons. The Bertz CT molecular complexity index is 679. The number of hydrogen-bond donors (Lipinski definition) is 1. The predicted molar refractivity (Wildman–Crippen MR) is 91.8 cm³/mol. The molecule has 136 valence electrons. The van der Waals surface area contributed by atoms with E-state index >= 15 is 0 Å². The van der Waals surface area contributed by atoms with Crippen LogP contribution < -0.4 is 5.32 Å². The summed E-state index contributed by atoms with van der Waals surface area (Å²) in [7, 11) is 0. The maximum Gasteiger partial charge on any atom is 0.410 e. The number of ether oxygens (including phenoxy) is 1. The molecule has 1 saturated heterocycles. The molecule has 3 rings (SSSR count). The third-order valence-corrected chi connectivity index (χ3v) is 4.47. The largest absolute Gasteiger partial charge is 0.444 e. The molecule has 0 aliphatic carbocycles. The van der Waals surface area contributed by atoms with Crippen molar-refractivity contribution in [2.75, 3.05) is 18.4 Å². The standard InChI is InChI=1S/C18H24FN3O3/c1-18(2,3)25-17(24)21-8-6-14(7-9-21)22-11-12-4-5-13(19)10-15(12)20-16(22)23/h4-5,10,14H,6-9,11H2,1-3H3,(H,20,23). The topological polar surface area (TPSA) is 61.9 Å². The molecular weight excluding hydrogens is 325 g/mol. The summed E-state index contributed by atoms with van der Waals surface area (Å²) in [5.41, 5.74) is 0.919. The lowest BCUT2D eigenvalue weighted by Crippen LogP contribution is -2.51. The predicted octanol–water partition coefficient (Wildman–Crippen LogP) is 3.57. The molecule has 2 aliphatic heterocycles. The first-order chi connectivity index (χ1) is 11.7. The number of amides is 3. The van der Waals surface area contributed by atoms with Gasteiger partial charge in [-0.1, -0.05) is 6.07 Å². The van der Waals surface area contributed by atoms with Gasteiger partial charge in [-0.3, -0.25) is 0 Å². The Morgan fingerprint density at radius 3 is 2.60 bits per heavy atom. The van der Waals surface area contributed by atoms with Crippen molar-refractivity contribution >= 4 is 17.8 Å². The van der Waals surface area contributed by atoms with Crippen LogP contribution >= 0.6 is 0 Å². The maximum atomic E-state index is 13.3. The van der Waals surface area contributed by atoms with Crippen LogP contribution in [0.5, 0.6) is 0 Å². The molecule has 1 aromatic carbocycles. The van der Waals surface area contributed by atoms with Gasteiger partial charge in [-0.05, 0) is 51.3 Å². The van der Waals surface area contributed by atoms with Gasteiger partial charge < -0.3 is 19.9 Å². The van der Waals surface area contributed by atoms with Gasteiger partial charge in [-0.2, -0.15) is 0 Å². The molecule has 1 fully saturated rings. The molecule has 0 spiro atoms. The molecule has 0 saturated carbocycles. The first kappa shape index (κ1) is 17.5. The quantitative estimate of drug-likeness (QED) is 0.843. The van der Waals surface area contributed by atoms with Crippen LogP contribution in [0, 0.1) is 5.82 Å². The van der Waals surface area contributed by atoms with Crippen molar-refractivity contribution in [2.24, 2.45) is 0 Å². The molecule has 0 unspecified atom stereocenters. The molecule has 0 bridgehead atoms. The van der Waals surface area contributed by atoms with Crippen LogP contribution in [0.3, 0.4) is 0 Å². The molecule has 1 N–H and O–H groups in total. The molecule has 2 aliphatic rings. The van der Waals surface area contributed by atoms with E-state index < -0.39 is 5.60 Å². The monoisotopic (exact) mass is 349 g/mol. The minimum atomic E-state index is -0.514. The number of carbonyl (C=O) groups excluding carboxylic acids is 2. The average molecular weight is 349 g/mol. The van der Waals surface area contributed by atoms with Gasteiger partial charge in [0.15, 0.2) is 0 Å². The van der Waals surface area contributed by atoms with E-state index in [2.05, 4.69) is 5.32 Å². The van der Waals surface area contributed by atoms with E-state index in [9.17, 15) is 14.0 Å². The number of likely N-dealkylation sites (tertiary alicyclic amines) is 1. The van der Waals surface area contributed by atoms with Crippen molar-refractivity contribution < 1.29 is 18.7 Å². The average Bonchev–Trinajstić information content (AvgIpc) is 2.52. The Kier molecular flexibility index (Phi) is 4.58. The van der Waals surface area contributed by atoms with E-state index in [-0.39, 0.29) is 24.0 Å². The van der Waals surface area contributed by atoms with Crippen molar-refractivity contribution in [3.05, 3.63) is 29.6 Å². The minimum Gasteiger partial charge on any atom is -0.444 e. The van der Waals surface area contributed by atoms with Gasteiger partial charge in [0.1, 0.15) is 11.4 Å². The number of benzene rings is 1. The summed E-state index contributed by atoms with van der Waals surface area (Å²) in [6.45, 7) is 7.10. The molecule has 7 heteroatoms. The zero-order chi connectivity index (χ0) is 18.2. The van der Waals surface area contributed by atoms with Crippen molar-refractivity contribution in [3.8, 4) is 0 Å². The fraction of sp³-hybridized carbons (Fsp3) is 0.556. The summed E-state index contributed by atoms with van der Waals surface area (Å²) in [5, 5.41) is 2.75. The summed E-state index contributed by atoms with van der Waals surface area (Å²) in [4.78, 5) is 27.9. The number of carbonyl (C=O) groups is 2. The highest BCUT2D eigenvalue weighted by molar-refractivity contribution is 5.92. The van der Waals surface area contributed by atoms with E-state index in [0.29, 0.717) is 38.2 Å². The Balaban J connectivity index is 1.61. The van der Waals surface area contributed by atoms with Crippen LogP contribution in [-0.2, 0) is 11.3 Å². The number of piperidine rings is 1. The summed E-state index contributed by atoms with van der Waals surface area (Å²) in [6, 6.07) is 4.29. The van der Waals surface area contributed by atoms with E-state index in [0.717, 1.165) is 5.56 Å². The molecule has 25 heavy (non-hydrogen) atoms. The number of fused-ring (bicyclic) bond motifs is 1. The highest BCUT2D eigenvalue weighted by atomic mass is 19.1. The number of rotatable bonds is 1. The van der Waals surface area contributed by atoms with Gasteiger partial charge in [-0.15, -0.1) is 0 Å². The first-order valence-electron chi connectivity index (χ1n) is 8.57. The minimum absolute atomic E-state index is 0.0527. The normalized spacial score (nSPS) is 18.6. The number of urea groups is 1. The van der Waals surface area contributed by atoms with Gasteiger partial charge in [0.2, 0.25) is 0 Å². The van der Waals surface area contributed by atoms with Crippen LogP contribution in [-0.4, -0.2) is 46.7 Å². The number of nitrogens with one attached hydrogen (secondary N) is 1. The number of halogens is 1. The Morgan fingerprint density at radius 2 is 1.96 bits per heavy atom. The highest BCUT2D eigenvalue weighted by Crippen LogP contribution is 2.28. The second kappa shape index (κ2) is 6.54. The van der Waals surface area contributed by atoms with Crippen LogP contribution in [0.2, 0.25) is 0 Å². The summed E-state index contributed by atoms with van der Waals surface area (Å²) in [6.07, 6.45) is 1.08. The van der Waals surface area contributed by atoms with Crippen LogP contribution in [0.15, 0.2) is 18.2 Å². The second-order valence-corrected chi connectivity index (χ2v) is 7.56.